The van der Waals surface area contributed by atoms with Gasteiger partial charge in [0.2, 0.25) is 5.82 Å². The Labute approximate surface area is 122 Å². The van der Waals surface area contributed by atoms with E-state index in [9.17, 15) is 4.39 Å². The first-order chi connectivity index (χ1) is 10.2. The molecule has 0 atom stereocenters. The van der Waals surface area contributed by atoms with Crippen molar-refractivity contribution in [3.63, 3.8) is 0 Å². The number of hydrogen-bond acceptors (Lipinski definition) is 3. The molecule has 0 unspecified atom stereocenters. The van der Waals surface area contributed by atoms with Crippen LogP contribution in [0.3, 0.4) is 0 Å². The van der Waals surface area contributed by atoms with E-state index < -0.39 is 0 Å². The highest BCUT2D eigenvalue weighted by molar-refractivity contribution is 5.55. The van der Waals surface area contributed by atoms with E-state index in [0.29, 0.717) is 17.9 Å². The highest BCUT2D eigenvalue weighted by Crippen LogP contribution is 2.17. The number of tetrazole rings is 1. The molecule has 0 spiro atoms. The molecule has 0 fully saturated rings. The van der Waals surface area contributed by atoms with Gasteiger partial charge in [0.15, 0.2) is 0 Å². The van der Waals surface area contributed by atoms with Crippen molar-refractivity contribution < 1.29 is 4.39 Å². The molecule has 1 aromatic heterocycles. The van der Waals surface area contributed by atoms with Crippen LogP contribution in [-0.2, 0) is 13.0 Å². The van der Waals surface area contributed by atoms with Crippen LogP contribution in [0.2, 0.25) is 0 Å². The first-order valence-corrected chi connectivity index (χ1v) is 6.80. The first-order valence-electron chi connectivity index (χ1n) is 6.80. The molecule has 3 aromatic rings. The van der Waals surface area contributed by atoms with Gasteiger partial charge in [-0.1, -0.05) is 30.3 Å². The molecule has 0 saturated heterocycles. The maximum Gasteiger partial charge on any atom is 0.204 e. The fraction of sp³-hybridized carbons (Fsp3) is 0.188. The smallest absolute Gasteiger partial charge is 0.204 e. The Hall–Kier alpha value is -2.56. The van der Waals surface area contributed by atoms with Crippen molar-refractivity contribution in [2.45, 2.75) is 19.9 Å². The van der Waals surface area contributed by atoms with E-state index in [1.807, 2.05) is 18.2 Å². The van der Waals surface area contributed by atoms with Crippen LogP contribution in [-0.4, -0.2) is 20.2 Å². The van der Waals surface area contributed by atoms with Crippen molar-refractivity contribution in [3.8, 4) is 11.4 Å². The number of benzene rings is 2. The molecule has 4 nitrogen and oxygen atoms in total. The van der Waals surface area contributed by atoms with Gasteiger partial charge in [0.25, 0.3) is 0 Å². The third-order valence-corrected chi connectivity index (χ3v) is 3.31. The van der Waals surface area contributed by atoms with Crippen LogP contribution in [0.1, 0.15) is 11.1 Å². The molecule has 3 rings (SSSR count). The molecular formula is C16H15FN4. The molecule has 0 saturated carbocycles. The molecule has 0 aliphatic carbocycles. The lowest BCUT2D eigenvalue weighted by Crippen LogP contribution is -2.05. The summed E-state index contributed by atoms with van der Waals surface area (Å²) in [7, 11) is 0. The standard InChI is InChI=1S/C16H15FN4/c1-12-11-14(7-8-15(12)17)16-18-20-21(19-16)10-9-13-5-3-2-4-6-13/h2-8,11H,9-10H2,1H3. The molecule has 2 aromatic carbocycles. The molecule has 0 radical (unpaired) electrons. The monoisotopic (exact) mass is 282 g/mol. The van der Waals surface area contributed by atoms with E-state index in [-0.39, 0.29) is 5.82 Å². The third kappa shape index (κ3) is 3.13. The molecule has 1 heterocycles. The second kappa shape index (κ2) is 5.83. The Morgan fingerprint density at radius 1 is 1.10 bits per heavy atom. The summed E-state index contributed by atoms with van der Waals surface area (Å²) in [6, 6.07) is 15.0. The fourth-order valence-corrected chi connectivity index (χ4v) is 2.11. The minimum atomic E-state index is -0.227. The molecule has 0 N–H and O–H groups in total. The largest absolute Gasteiger partial charge is 0.207 e. The van der Waals surface area contributed by atoms with Crippen LogP contribution in [0.5, 0.6) is 0 Å². The highest BCUT2D eigenvalue weighted by atomic mass is 19.1. The van der Waals surface area contributed by atoms with Gasteiger partial charge in [0.1, 0.15) is 5.82 Å². The summed E-state index contributed by atoms with van der Waals surface area (Å²) in [6.07, 6.45) is 0.846. The SMILES string of the molecule is Cc1cc(-c2nnn(CCc3ccccc3)n2)ccc1F. The van der Waals surface area contributed by atoms with Gasteiger partial charge < -0.3 is 0 Å². The van der Waals surface area contributed by atoms with Crippen LogP contribution in [0.25, 0.3) is 11.4 Å². The zero-order valence-electron chi connectivity index (χ0n) is 11.7. The van der Waals surface area contributed by atoms with Crippen molar-refractivity contribution in [2.75, 3.05) is 0 Å². The van der Waals surface area contributed by atoms with Gasteiger partial charge in [-0.25, -0.2) is 4.39 Å². The number of hydrogen-bond donors (Lipinski definition) is 0. The summed E-state index contributed by atoms with van der Waals surface area (Å²) in [5, 5.41) is 12.4. The molecule has 0 amide bonds. The zero-order chi connectivity index (χ0) is 14.7. The summed E-state index contributed by atoms with van der Waals surface area (Å²) in [4.78, 5) is 1.57. The Kier molecular flexibility index (Phi) is 3.73. The van der Waals surface area contributed by atoms with Crippen molar-refractivity contribution in [3.05, 3.63) is 65.5 Å². The van der Waals surface area contributed by atoms with Crippen molar-refractivity contribution >= 4 is 0 Å². The Balaban J connectivity index is 1.72. The number of rotatable bonds is 4. The summed E-state index contributed by atoms with van der Waals surface area (Å²) in [5.74, 6) is 0.293. The van der Waals surface area contributed by atoms with E-state index in [1.165, 1.54) is 11.6 Å². The Morgan fingerprint density at radius 2 is 1.90 bits per heavy atom. The highest BCUT2D eigenvalue weighted by Gasteiger charge is 2.08. The number of aromatic nitrogens is 4. The zero-order valence-corrected chi connectivity index (χ0v) is 11.7. The van der Waals surface area contributed by atoms with Crippen molar-refractivity contribution in [1.29, 1.82) is 0 Å². The quantitative estimate of drug-likeness (QED) is 0.738. The molecule has 5 heteroatoms. The summed E-state index contributed by atoms with van der Waals surface area (Å²) in [5.41, 5.74) is 2.59. The van der Waals surface area contributed by atoms with Gasteiger partial charge in [-0.05, 0) is 47.9 Å². The lowest BCUT2D eigenvalue weighted by Gasteiger charge is -2.00. The van der Waals surface area contributed by atoms with Gasteiger partial charge in [0.05, 0.1) is 6.54 Å². The van der Waals surface area contributed by atoms with Gasteiger partial charge in [-0.3, -0.25) is 0 Å². The number of halogens is 1. The Morgan fingerprint density at radius 3 is 2.67 bits per heavy atom. The van der Waals surface area contributed by atoms with E-state index in [2.05, 4.69) is 27.5 Å². The number of aryl methyl sites for hydroxylation is 3. The number of nitrogens with zero attached hydrogens (tertiary/aromatic N) is 4. The van der Waals surface area contributed by atoms with E-state index in [1.54, 1.807) is 23.9 Å². The minimum absolute atomic E-state index is 0.227. The van der Waals surface area contributed by atoms with Gasteiger partial charge in [-0.2, -0.15) is 4.80 Å². The average Bonchev–Trinajstić information content (AvgIpc) is 2.98. The molecule has 0 aliphatic heterocycles. The molecule has 106 valence electrons. The van der Waals surface area contributed by atoms with E-state index in [0.717, 1.165) is 12.0 Å². The predicted molar refractivity (Wildman–Crippen MR) is 78.1 cm³/mol. The molecule has 0 aliphatic rings. The maximum absolute atomic E-state index is 13.3. The summed E-state index contributed by atoms with van der Waals surface area (Å²) < 4.78 is 13.3. The topological polar surface area (TPSA) is 43.6 Å². The average molecular weight is 282 g/mol. The summed E-state index contributed by atoms with van der Waals surface area (Å²) in [6.45, 7) is 2.38. The van der Waals surface area contributed by atoms with Crippen LogP contribution < -0.4 is 0 Å². The summed E-state index contributed by atoms with van der Waals surface area (Å²) >= 11 is 0. The maximum atomic E-state index is 13.3. The van der Waals surface area contributed by atoms with Crippen molar-refractivity contribution in [1.82, 2.24) is 20.2 Å². The van der Waals surface area contributed by atoms with Crippen LogP contribution in [0, 0.1) is 12.7 Å². The van der Waals surface area contributed by atoms with Crippen LogP contribution in [0.15, 0.2) is 48.5 Å². The van der Waals surface area contributed by atoms with Gasteiger partial charge >= 0.3 is 0 Å². The lowest BCUT2D eigenvalue weighted by atomic mass is 10.1. The molecule has 21 heavy (non-hydrogen) atoms. The third-order valence-electron chi connectivity index (χ3n) is 3.31. The fourth-order valence-electron chi connectivity index (χ4n) is 2.11. The molecule has 0 bridgehead atoms. The van der Waals surface area contributed by atoms with E-state index in [4.69, 9.17) is 0 Å². The molecular weight excluding hydrogens is 267 g/mol. The predicted octanol–water partition coefficient (Wildman–Crippen LogP) is 3.03. The van der Waals surface area contributed by atoms with Crippen LogP contribution in [0.4, 0.5) is 4.39 Å². The van der Waals surface area contributed by atoms with E-state index >= 15 is 0 Å². The first kappa shape index (κ1) is 13.4. The lowest BCUT2D eigenvalue weighted by molar-refractivity contribution is 0.523. The minimum Gasteiger partial charge on any atom is -0.207 e. The van der Waals surface area contributed by atoms with Crippen molar-refractivity contribution in [2.24, 2.45) is 0 Å². The van der Waals surface area contributed by atoms with Gasteiger partial charge in [-0.15, -0.1) is 10.2 Å². The second-order valence-electron chi connectivity index (χ2n) is 4.91. The van der Waals surface area contributed by atoms with Crippen LogP contribution >= 0.6 is 0 Å². The normalized spacial score (nSPS) is 10.8. The second-order valence-corrected chi connectivity index (χ2v) is 4.91. The van der Waals surface area contributed by atoms with Gasteiger partial charge in [0, 0.05) is 5.56 Å². The Bertz CT molecular complexity index is 737.